The van der Waals surface area contributed by atoms with Gasteiger partial charge in [-0.1, -0.05) is 62.4 Å². The number of carbonyl (C=O) groups excluding carboxylic acids is 1. The van der Waals surface area contributed by atoms with Crippen LogP contribution in [0.2, 0.25) is 0 Å². The summed E-state index contributed by atoms with van der Waals surface area (Å²) in [6.07, 6.45) is -0.580. The molecule has 0 heterocycles. The molecule has 1 atom stereocenters. The van der Waals surface area contributed by atoms with Gasteiger partial charge in [0.05, 0.1) is 0 Å². The van der Waals surface area contributed by atoms with Gasteiger partial charge in [0.15, 0.2) is 6.10 Å². The van der Waals surface area contributed by atoms with Gasteiger partial charge in [0.1, 0.15) is 5.75 Å². The van der Waals surface area contributed by atoms with Crippen LogP contribution < -0.4 is 10.1 Å². The van der Waals surface area contributed by atoms with E-state index >= 15 is 0 Å². The third kappa shape index (κ3) is 6.13. The van der Waals surface area contributed by atoms with E-state index in [0.717, 1.165) is 22.8 Å². The van der Waals surface area contributed by atoms with Crippen molar-refractivity contribution in [2.45, 2.75) is 43.4 Å². The lowest BCUT2D eigenvalue weighted by Crippen LogP contribution is -2.30. The Bertz CT molecular complexity index is 923. The molecule has 3 nitrogen and oxygen atoms in total. The number of anilines is 1. The number of benzene rings is 3. The Morgan fingerprint density at radius 2 is 1.55 bits per heavy atom. The van der Waals surface area contributed by atoms with Gasteiger partial charge in [-0.25, -0.2) is 0 Å². The summed E-state index contributed by atoms with van der Waals surface area (Å²) in [6, 6.07) is 26.2. The van der Waals surface area contributed by atoms with Gasteiger partial charge in [-0.05, 0) is 54.3 Å². The Morgan fingerprint density at radius 3 is 2.24 bits per heavy atom. The molecule has 0 aliphatic rings. The predicted molar refractivity (Wildman–Crippen MR) is 122 cm³/mol. The van der Waals surface area contributed by atoms with Crippen LogP contribution in [0.3, 0.4) is 0 Å². The molecule has 0 fully saturated rings. The SMILES string of the molecule is CC(C)c1ccccc1O[C@@H](C)C(=O)Nc1ccc(CSc2ccccc2)cc1. The maximum atomic E-state index is 12.6. The maximum absolute atomic E-state index is 12.6. The Hall–Kier alpha value is -2.72. The fourth-order valence-corrected chi connectivity index (χ4v) is 3.80. The third-order valence-corrected chi connectivity index (χ3v) is 5.67. The Labute approximate surface area is 177 Å². The summed E-state index contributed by atoms with van der Waals surface area (Å²) in [5, 5.41) is 2.94. The standard InChI is InChI=1S/C25H27NO2S/c1-18(2)23-11-7-8-12-24(23)28-19(3)25(27)26-21-15-13-20(14-16-21)17-29-22-9-5-4-6-10-22/h4-16,18-19H,17H2,1-3H3,(H,26,27)/t19-/m0/s1. The summed E-state index contributed by atoms with van der Waals surface area (Å²) in [5.74, 6) is 1.83. The average Bonchev–Trinajstić information content (AvgIpc) is 2.74. The third-order valence-electron chi connectivity index (χ3n) is 4.58. The minimum absolute atomic E-state index is 0.157. The molecule has 1 amide bonds. The molecule has 1 N–H and O–H groups in total. The van der Waals surface area contributed by atoms with Crippen LogP contribution in [0.4, 0.5) is 5.69 Å². The highest BCUT2D eigenvalue weighted by Crippen LogP contribution is 2.27. The van der Waals surface area contributed by atoms with Gasteiger partial charge >= 0.3 is 0 Å². The van der Waals surface area contributed by atoms with Gasteiger partial charge in [-0.15, -0.1) is 11.8 Å². The second-order valence-corrected chi connectivity index (χ2v) is 8.29. The van der Waals surface area contributed by atoms with E-state index in [-0.39, 0.29) is 5.91 Å². The van der Waals surface area contributed by atoms with Crippen molar-refractivity contribution in [2.75, 3.05) is 5.32 Å². The topological polar surface area (TPSA) is 38.3 Å². The van der Waals surface area contributed by atoms with Crippen LogP contribution in [0.25, 0.3) is 0 Å². The number of carbonyl (C=O) groups is 1. The molecule has 0 aliphatic heterocycles. The maximum Gasteiger partial charge on any atom is 0.265 e. The summed E-state index contributed by atoms with van der Waals surface area (Å²) in [7, 11) is 0. The summed E-state index contributed by atoms with van der Waals surface area (Å²) >= 11 is 1.80. The lowest BCUT2D eigenvalue weighted by atomic mass is 10.0. The highest BCUT2D eigenvalue weighted by atomic mass is 32.2. The van der Waals surface area contributed by atoms with Crippen LogP contribution in [0.5, 0.6) is 5.75 Å². The van der Waals surface area contributed by atoms with Crippen LogP contribution in [-0.2, 0) is 10.5 Å². The van der Waals surface area contributed by atoms with E-state index in [9.17, 15) is 4.79 Å². The number of nitrogens with one attached hydrogen (secondary N) is 1. The molecule has 0 aliphatic carbocycles. The smallest absolute Gasteiger partial charge is 0.265 e. The molecule has 0 aromatic heterocycles. The lowest BCUT2D eigenvalue weighted by molar-refractivity contribution is -0.122. The van der Waals surface area contributed by atoms with Crippen molar-refractivity contribution in [3.63, 3.8) is 0 Å². The number of thioether (sulfide) groups is 1. The molecule has 0 saturated heterocycles. The number of para-hydroxylation sites is 1. The van der Waals surface area contributed by atoms with E-state index in [0.29, 0.717) is 5.92 Å². The number of hydrogen-bond acceptors (Lipinski definition) is 3. The predicted octanol–water partition coefficient (Wildman–Crippen LogP) is 6.51. The second-order valence-electron chi connectivity index (χ2n) is 7.24. The van der Waals surface area contributed by atoms with Crippen molar-refractivity contribution < 1.29 is 9.53 Å². The summed E-state index contributed by atoms with van der Waals surface area (Å²) in [4.78, 5) is 13.8. The van der Waals surface area contributed by atoms with Crippen molar-refractivity contribution in [3.05, 3.63) is 90.0 Å². The van der Waals surface area contributed by atoms with Gasteiger partial charge < -0.3 is 10.1 Å². The van der Waals surface area contributed by atoms with Gasteiger partial charge in [0.25, 0.3) is 5.91 Å². The summed E-state index contributed by atoms with van der Waals surface area (Å²) in [5.41, 5.74) is 3.09. The van der Waals surface area contributed by atoms with Crippen molar-refractivity contribution in [3.8, 4) is 5.75 Å². The van der Waals surface area contributed by atoms with E-state index in [1.807, 2.05) is 66.7 Å². The van der Waals surface area contributed by atoms with Gasteiger partial charge in [0.2, 0.25) is 0 Å². The van der Waals surface area contributed by atoms with Crippen LogP contribution in [0.1, 0.15) is 37.8 Å². The van der Waals surface area contributed by atoms with E-state index in [1.54, 1.807) is 18.7 Å². The molecule has 0 spiro atoms. The zero-order valence-electron chi connectivity index (χ0n) is 17.1. The lowest BCUT2D eigenvalue weighted by Gasteiger charge is -2.18. The van der Waals surface area contributed by atoms with Crippen molar-refractivity contribution in [2.24, 2.45) is 0 Å². The molecule has 4 heteroatoms. The summed E-state index contributed by atoms with van der Waals surface area (Å²) in [6.45, 7) is 6.01. The van der Waals surface area contributed by atoms with Crippen molar-refractivity contribution in [1.29, 1.82) is 0 Å². The Morgan fingerprint density at radius 1 is 0.897 bits per heavy atom. The molecule has 150 valence electrons. The van der Waals surface area contributed by atoms with Crippen molar-refractivity contribution >= 4 is 23.4 Å². The fraction of sp³-hybridized carbons (Fsp3) is 0.240. The second kappa shape index (κ2) is 10.2. The minimum Gasteiger partial charge on any atom is -0.481 e. The van der Waals surface area contributed by atoms with Crippen LogP contribution >= 0.6 is 11.8 Å². The Kier molecular flexibility index (Phi) is 7.36. The molecule has 3 aromatic rings. The first-order valence-electron chi connectivity index (χ1n) is 9.86. The van der Waals surface area contributed by atoms with E-state index in [2.05, 4.69) is 31.3 Å². The molecule has 0 radical (unpaired) electrons. The highest BCUT2D eigenvalue weighted by molar-refractivity contribution is 7.98. The number of amides is 1. The van der Waals surface area contributed by atoms with Gasteiger partial charge in [0, 0.05) is 16.3 Å². The summed E-state index contributed by atoms with van der Waals surface area (Å²) < 4.78 is 5.94. The van der Waals surface area contributed by atoms with Gasteiger partial charge in [-0.2, -0.15) is 0 Å². The molecule has 0 saturated carbocycles. The average molecular weight is 406 g/mol. The quantitative estimate of drug-likeness (QED) is 0.434. The largest absolute Gasteiger partial charge is 0.481 e. The van der Waals surface area contributed by atoms with E-state index < -0.39 is 6.10 Å². The first kappa shape index (κ1) is 21.0. The normalized spacial score (nSPS) is 11.9. The molecular formula is C25H27NO2S. The molecule has 0 bridgehead atoms. The molecular weight excluding hydrogens is 378 g/mol. The number of rotatable bonds is 8. The zero-order chi connectivity index (χ0) is 20.6. The minimum atomic E-state index is -0.580. The van der Waals surface area contributed by atoms with Crippen LogP contribution in [0, 0.1) is 0 Å². The fourth-order valence-electron chi connectivity index (χ4n) is 2.92. The van der Waals surface area contributed by atoms with Crippen LogP contribution in [-0.4, -0.2) is 12.0 Å². The first-order chi connectivity index (χ1) is 14.0. The first-order valence-corrected chi connectivity index (χ1v) is 10.8. The van der Waals surface area contributed by atoms with E-state index in [1.165, 1.54) is 10.5 Å². The monoisotopic (exact) mass is 405 g/mol. The van der Waals surface area contributed by atoms with E-state index in [4.69, 9.17) is 4.74 Å². The zero-order valence-corrected chi connectivity index (χ0v) is 17.9. The molecule has 3 aromatic carbocycles. The molecule has 0 unspecified atom stereocenters. The van der Waals surface area contributed by atoms with Crippen LogP contribution in [0.15, 0.2) is 83.8 Å². The number of hydrogen-bond donors (Lipinski definition) is 1. The number of ether oxygens (including phenoxy) is 1. The van der Waals surface area contributed by atoms with Crippen molar-refractivity contribution in [1.82, 2.24) is 0 Å². The highest BCUT2D eigenvalue weighted by Gasteiger charge is 2.17. The molecule has 29 heavy (non-hydrogen) atoms. The Balaban J connectivity index is 1.55. The van der Waals surface area contributed by atoms with Gasteiger partial charge in [-0.3, -0.25) is 4.79 Å². The molecule has 3 rings (SSSR count).